The molecule has 1 amide bonds. The Morgan fingerprint density at radius 2 is 1.85 bits per heavy atom. The van der Waals surface area contributed by atoms with E-state index in [1.165, 1.54) is 6.07 Å². The van der Waals surface area contributed by atoms with Crippen LogP contribution in [0.25, 0.3) is 0 Å². The molecule has 0 bridgehead atoms. The fraction of sp³-hybridized carbons (Fsp3) is 0.316. The Hall–Kier alpha value is -2.38. The van der Waals surface area contributed by atoms with Gasteiger partial charge in [0.2, 0.25) is 10.0 Å². The third kappa shape index (κ3) is 6.85. The van der Waals surface area contributed by atoms with Crippen molar-refractivity contribution in [3.8, 4) is 0 Å². The molecule has 26 heavy (non-hydrogen) atoms. The highest BCUT2D eigenvalue weighted by atomic mass is 32.2. The van der Waals surface area contributed by atoms with Gasteiger partial charge >= 0.3 is 0 Å². The molecule has 0 aliphatic carbocycles. The van der Waals surface area contributed by atoms with Gasteiger partial charge in [0.1, 0.15) is 0 Å². The number of nitrogens with one attached hydrogen (secondary N) is 2. The van der Waals surface area contributed by atoms with Gasteiger partial charge in [-0.3, -0.25) is 9.52 Å². The molecule has 0 aliphatic heterocycles. The molecule has 7 heteroatoms. The van der Waals surface area contributed by atoms with Crippen molar-refractivity contribution >= 4 is 21.6 Å². The van der Waals surface area contributed by atoms with E-state index in [2.05, 4.69) is 10.0 Å². The summed E-state index contributed by atoms with van der Waals surface area (Å²) in [5.74, 6) is -0.252. The standard InChI is InChI=1S/C19H24N2O4S/c1-15(16-8-4-3-5-9-16)25-13-7-12-20-19(22)17-10-6-11-18(14-17)21-26(2,23)24/h3-6,8-11,14-15,21H,7,12-13H2,1-2H3,(H,20,22). The quantitative estimate of drug-likeness (QED) is 0.659. The molecule has 0 saturated heterocycles. The van der Waals surface area contributed by atoms with E-state index in [1.807, 2.05) is 37.3 Å². The smallest absolute Gasteiger partial charge is 0.251 e. The van der Waals surface area contributed by atoms with Crippen LogP contribution in [0.3, 0.4) is 0 Å². The lowest BCUT2D eigenvalue weighted by Gasteiger charge is -2.13. The van der Waals surface area contributed by atoms with E-state index in [9.17, 15) is 13.2 Å². The summed E-state index contributed by atoms with van der Waals surface area (Å²) in [5, 5.41) is 2.81. The molecule has 2 N–H and O–H groups in total. The van der Waals surface area contributed by atoms with E-state index in [0.29, 0.717) is 30.8 Å². The number of carbonyl (C=O) groups excluding carboxylic acids is 1. The van der Waals surface area contributed by atoms with E-state index in [1.54, 1.807) is 18.2 Å². The molecule has 2 aromatic carbocycles. The molecular weight excluding hydrogens is 352 g/mol. The maximum Gasteiger partial charge on any atom is 0.251 e. The molecule has 140 valence electrons. The average molecular weight is 376 g/mol. The zero-order chi connectivity index (χ0) is 19.0. The molecule has 0 spiro atoms. The lowest BCUT2D eigenvalue weighted by atomic mass is 10.1. The Labute approximate surface area is 154 Å². The summed E-state index contributed by atoms with van der Waals surface area (Å²) in [6.07, 6.45) is 1.76. The highest BCUT2D eigenvalue weighted by Gasteiger charge is 2.08. The monoisotopic (exact) mass is 376 g/mol. The number of rotatable bonds is 9. The van der Waals surface area contributed by atoms with Crippen LogP contribution in [-0.2, 0) is 14.8 Å². The van der Waals surface area contributed by atoms with Crippen LogP contribution in [0.1, 0.15) is 35.4 Å². The normalized spacial score (nSPS) is 12.4. The van der Waals surface area contributed by atoms with Crippen molar-refractivity contribution in [2.45, 2.75) is 19.4 Å². The van der Waals surface area contributed by atoms with Crippen molar-refractivity contribution in [2.24, 2.45) is 0 Å². The maximum atomic E-state index is 12.2. The number of hydrogen-bond acceptors (Lipinski definition) is 4. The van der Waals surface area contributed by atoms with E-state index < -0.39 is 10.0 Å². The summed E-state index contributed by atoms with van der Waals surface area (Å²) in [5.41, 5.74) is 1.88. The molecular formula is C19H24N2O4S. The molecule has 2 rings (SSSR count). The van der Waals surface area contributed by atoms with Gasteiger partial charge in [-0.25, -0.2) is 8.42 Å². The minimum absolute atomic E-state index is 0.00523. The number of carbonyl (C=O) groups is 1. The first kappa shape index (κ1) is 19.9. The van der Waals surface area contributed by atoms with Gasteiger partial charge in [-0.1, -0.05) is 36.4 Å². The van der Waals surface area contributed by atoms with Crippen molar-refractivity contribution in [2.75, 3.05) is 24.1 Å². The lowest BCUT2D eigenvalue weighted by molar-refractivity contribution is 0.0635. The molecule has 0 fully saturated rings. The number of amides is 1. The number of anilines is 1. The van der Waals surface area contributed by atoms with E-state index in [4.69, 9.17) is 4.74 Å². The molecule has 0 saturated carbocycles. The molecule has 0 aliphatic rings. The average Bonchev–Trinajstić information content (AvgIpc) is 2.60. The first-order valence-electron chi connectivity index (χ1n) is 8.38. The summed E-state index contributed by atoms with van der Waals surface area (Å²) in [7, 11) is -3.37. The molecule has 0 heterocycles. The van der Waals surface area contributed by atoms with Gasteiger partial charge in [0, 0.05) is 24.4 Å². The van der Waals surface area contributed by atoms with Crippen LogP contribution in [0.2, 0.25) is 0 Å². The molecule has 6 nitrogen and oxygen atoms in total. The van der Waals surface area contributed by atoms with Gasteiger partial charge < -0.3 is 10.1 Å². The Morgan fingerprint density at radius 3 is 2.54 bits per heavy atom. The van der Waals surface area contributed by atoms with Crippen molar-refractivity contribution in [3.05, 3.63) is 65.7 Å². The zero-order valence-electron chi connectivity index (χ0n) is 14.9. The molecule has 0 radical (unpaired) electrons. The van der Waals surface area contributed by atoms with Gasteiger partial charge in [-0.2, -0.15) is 0 Å². The molecule has 1 atom stereocenters. The Balaban J connectivity index is 1.74. The van der Waals surface area contributed by atoms with Crippen LogP contribution in [0.4, 0.5) is 5.69 Å². The first-order chi connectivity index (χ1) is 12.3. The van der Waals surface area contributed by atoms with Gasteiger partial charge in [0.15, 0.2) is 0 Å². The Kier molecular flexibility index (Phi) is 7.17. The SMILES string of the molecule is CC(OCCCNC(=O)c1cccc(NS(C)(=O)=O)c1)c1ccccc1. The fourth-order valence-electron chi connectivity index (χ4n) is 2.39. The number of hydrogen-bond donors (Lipinski definition) is 2. The second kappa shape index (κ2) is 9.35. The van der Waals surface area contributed by atoms with Gasteiger partial charge in [-0.05, 0) is 37.1 Å². The second-order valence-electron chi connectivity index (χ2n) is 5.99. The molecule has 1 unspecified atom stereocenters. The maximum absolute atomic E-state index is 12.2. The van der Waals surface area contributed by atoms with Crippen molar-refractivity contribution in [1.29, 1.82) is 0 Å². The highest BCUT2D eigenvalue weighted by molar-refractivity contribution is 7.92. The third-order valence-corrected chi connectivity index (χ3v) is 4.28. The summed E-state index contributed by atoms with van der Waals surface area (Å²) in [4.78, 5) is 12.2. The summed E-state index contributed by atoms with van der Waals surface area (Å²) in [6.45, 7) is 3.00. The fourth-order valence-corrected chi connectivity index (χ4v) is 2.95. The summed E-state index contributed by atoms with van der Waals surface area (Å²) >= 11 is 0. The number of benzene rings is 2. The highest BCUT2D eigenvalue weighted by Crippen LogP contribution is 2.16. The van der Waals surface area contributed by atoms with Crippen LogP contribution in [0, 0.1) is 0 Å². The van der Waals surface area contributed by atoms with Gasteiger partial charge in [0.25, 0.3) is 5.91 Å². The van der Waals surface area contributed by atoms with Crippen LogP contribution in [-0.4, -0.2) is 33.7 Å². The van der Waals surface area contributed by atoms with Crippen LogP contribution < -0.4 is 10.0 Å². The van der Waals surface area contributed by atoms with Crippen molar-refractivity contribution in [1.82, 2.24) is 5.32 Å². The Morgan fingerprint density at radius 1 is 1.12 bits per heavy atom. The van der Waals surface area contributed by atoms with Crippen LogP contribution in [0.15, 0.2) is 54.6 Å². The van der Waals surface area contributed by atoms with Crippen molar-refractivity contribution in [3.63, 3.8) is 0 Å². The largest absolute Gasteiger partial charge is 0.374 e. The third-order valence-electron chi connectivity index (χ3n) is 3.67. The predicted octanol–water partition coefficient (Wildman–Crippen LogP) is 2.96. The van der Waals surface area contributed by atoms with Gasteiger partial charge in [0.05, 0.1) is 12.4 Å². The summed E-state index contributed by atoms with van der Waals surface area (Å²) in [6, 6.07) is 16.3. The molecule has 0 aromatic heterocycles. The van der Waals surface area contributed by atoms with E-state index in [0.717, 1.165) is 11.8 Å². The van der Waals surface area contributed by atoms with Crippen LogP contribution >= 0.6 is 0 Å². The molecule has 2 aromatic rings. The van der Waals surface area contributed by atoms with Crippen LogP contribution in [0.5, 0.6) is 0 Å². The number of ether oxygens (including phenoxy) is 1. The zero-order valence-corrected chi connectivity index (χ0v) is 15.8. The van der Waals surface area contributed by atoms with E-state index in [-0.39, 0.29) is 12.0 Å². The van der Waals surface area contributed by atoms with Gasteiger partial charge in [-0.15, -0.1) is 0 Å². The first-order valence-corrected chi connectivity index (χ1v) is 10.3. The minimum Gasteiger partial charge on any atom is -0.374 e. The topological polar surface area (TPSA) is 84.5 Å². The van der Waals surface area contributed by atoms with E-state index >= 15 is 0 Å². The Bertz CT molecular complexity index is 822. The number of sulfonamides is 1. The lowest BCUT2D eigenvalue weighted by Crippen LogP contribution is -2.25. The predicted molar refractivity (Wildman–Crippen MR) is 103 cm³/mol. The minimum atomic E-state index is -3.37. The second-order valence-corrected chi connectivity index (χ2v) is 7.74. The van der Waals surface area contributed by atoms with Crippen molar-refractivity contribution < 1.29 is 17.9 Å². The summed E-state index contributed by atoms with van der Waals surface area (Å²) < 4.78 is 30.6.